The van der Waals surface area contributed by atoms with Crippen molar-refractivity contribution in [3.8, 4) is 11.5 Å². The van der Waals surface area contributed by atoms with Gasteiger partial charge < -0.3 is 14.4 Å². The molecule has 3 heteroatoms. The number of fused-ring (bicyclic) bond motifs is 2. The molecule has 4 aromatic rings. The van der Waals surface area contributed by atoms with Gasteiger partial charge in [-0.25, -0.2) is 0 Å². The van der Waals surface area contributed by atoms with Crippen LogP contribution in [-0.4, -0.2) is 27.3 Å². The lowest BCUT2D eigenvalue weighted by Gasteiger charge is -2.21. The molecule has 0 radical (unpaired) electrons. The third-order valence-electron chi connectivity index (χ3n) is 6.59. The molecule has 5 rings (SSSR count). The summed E-state index contributed by atoms with van der Waals surface area (Å²) in [6.07, 6.45) is 0. The highest BCUT2D eigenvalue weighted by Gasteiger charge is 2.31. The van der Waals surface area contributed by atoms with Crippen molar-refractivity contribution in [2.45, 2.75) is 13.8 Å². The molecular formula is C30H29NO2. The van der Waals surface area contributed by atoms with Crippen LogP contribution < -0.4 is 14.4 Å². The first-order valence-corrected chi connectivity index (χ1v) is 11.5. The Morgan fingerprint density at radius 3 is 1.67 bits per heavy atom. The SMILES string of the molecule is CCN(CC)c1ccc(C(=C2c3cc4c(OC)ccc(OC)c4cc32)c2ccccc2)cc1. The molecule has 0 saturated carbocycles. The van der Waals surface area contributed by atoms with Gasteiger partial charge in [-0.1, -0.05) is 42.5 Å². The number of hydrogen-bond donors (Lipinski definition) is 0. The van der Waals surface area contributed by atoms with Crippen molar-refractivity contribution < 1.29 is 9.47 Å². The Morgan fingerprint density at radius 1 is 0.667 bits per heavy atom. The lowest BCUT2D eigenvalue weighted by atomic mass is 9.95. The van der Waals surface area contributed by atoms with Crippen LogP contribution in [0.4, 0.5) is 5.69 Å². The molecule has 0 saturated heterocycles. The van der Waals surface area contributed by atoms with Gasteiger partial charge >= 0.3 is 0 Å². The molecule has 166 valence electrons. The lowest BCUT2D eigenvalue weighted by molar-refractivity contribution is 0.410. The summed E-state index contributed by atoms with van der Waals surface area (Å²) < 4.78 is 11.3. The fourth-order valence-corrected chi connectivity index (χ4v) is 4.81. The van der Waals surface area contributed by atoms with Crippen molar-refractivity contribution in [1.29, 1.82) is 0 Å². The van der Waals surface area contributed by atoms with Gasteiger partial charge in [0.1, 0.15) is 11.5 Å². The van der Waals surface area contributed by atoms with Crippen molar-refractivity contribution in [2.75, 3.05) is 32.2 Å². The summed E-state index contributed by atoms with van der Waals surface area (Å²) in [5.74, 6) is 1.73. The van der Waals surface area contributed by atoms with Crippen LogP contribution in [0.1, 0.15) is 36.1 Å². The first-order valence-electron chi connectivity index (χ1n) is 11.5. The molecule has 0 heterocycles. The number of rotatable bonds is 7. The van der Waals surface area contributed by atoms with Gasteiger partial charge in [0.15, 0.2) is 0 Å². The van der Waals surface area contributed by atoms with Crippen LogP contribution in [-0.2, 0) is 0 Å². The molecule has 0 N–H and O–H groups in total. The van der Waals surface area contributed by atoms with E-state index in [1.165, 1.54) is 39.1 Å². The fraction of sp³-hybridized carbons (Fsp3) is 0.200. The van der Waals surface area contributed by atoms with Gasteiger partial charge in [-0.05, 0) is 83.6 Å². The summed E-state index contributed by atoms with van der Waals surface area (Å²) in [7, 11) is 3.44. The van der Waals surface area contributed by atoms with Crippen LogP contribution in [0.15, 0.2) is 78.9 Å². The number of nitrogens with zero attached hydrogens (tertiary/aromatic N) is 1. The van der Waals surface area contributed by atoms with Crippen LogP contribution in [0.3, 0.4) is 0 Å². The van der Waals surface area contributed by atoms with Crippen LogP contribution in [0, 0.1) is 0 Å². The Bertz CT molecular complexity index is 1280. The first-order chi connectivity index (χ1) is 16.2. The Hall–Kier alpha value is -3.72. The second-order valence-corrected chi connectivity index (χ2v) is 8.25. The second kappa shape index (κ2) is 8.67. The van der Waals surface area contributed by atoms with E-state index in [9.17, 15) is 0 Å². The third-order valence-corrected chi connectivity index (χ3v) is 6.59. The Balaban J connectivity index is 1.69. The highest BCUT2D eigenvalue weighted by molar-refractivity contribution is 6.19. The predicted octanol–water partition coefficient (Wildman–Crippen LogP) is 7.02. The summed E-state index contributed by atoms with van der Waals surface area (Å²) in [5.41, 5.74) is 8.84. The summed E-state index contributed by atoms with van der Waals surface area (Å²) in [4.78, 5) is 2.37. The van der Waals surface area contributed by atoms with Crippen molar-refractivity contribution in [3.63, 3.8) is 0 Å². The molecule has 0 aliphatic heterocycles. The van der Waals surface area contributed by atoms with E-state index >= 15 is 0 Å². The third kappa shape index (κ3) is 3.64. The van der Waals surface area contributed by atoms with E-state index in [2.05, 4.69) is 85.5 Å². The van der Waals surface area contributed by atoms with E-state index in [0.29, 0.717) is 0 Å². The number of methoxy groups -OCH3 is 2. The van der Waals surface area contributed by atoms with Crippen LogP contribution in [0.5, 0.6) is 11.5 Å². The molecule has 0 unspecified atom stereocenters. The number of anilines is 1. The van der Waals surface area contributed by atoms with Crippen LogP contribution in [0.25, 0.3) is 21.9 Å². The van der Waals surface area contributed by atoms with Crippen molar-refractivity contribution in [2.24, 2.45) is 0 Å². The predicted molar refractivity (Wildman–Crippen MR) is 139 cm³/mol. The molecule has 0 aromatic heterocycles. The minimum Gasteiger partial charge on any atom is -0.496 e. The molecule has 33 heavy (non-hydrogen) atoms. The normalized spacial score (nSPS) is 11.8. The minimum atomic E-state index is 0.865. The summed E-state index contributed by atoms with van der Waals surface area (Å²) in [5, 5.41) is 2.16. The van der Waals surface area contributed by atoms with Gasteiger partial charge in [0.2, 0.25) is 0 Å². The van der Waals surface area contributed by atoms with Gasteiger partial charge in [0.05, 0.1) is 14.2 Å². The molecule has 0 bridgehead atoms. The lowest BCUT2D eigenvalue weighted by Crippen LogP contribution is -2.21. The standard InChI is InChI=1S/C30H29NO2/c1-5-31(6-2)22-14-12-21(13-15-22)29(20-10-8-7-9-11-20)30-25-18-23-24(19-26(25)30)28(33-4)17-16-27(23)32-3/h7-19H,5-6H2,1-4H3. The molecule has 0 amide bonds. The smallest absolute Gasteiger partial charge is 0.126 e. The van der Waals surface area contributed by atoms with Gasteiger partial charge in [-0.15, -0.1) is 0 Å². The Morgan fingerprint density at radius 2 is 1.18 bits per heavy atom. The number of benzene rings is 4. The van der Waals surface area contributed by atoms with Gasteiger partial charge in [0, 0.05) is 29.5 Å². The molecular weight excluding hydrogens is 406 g/mol. The topological polar surface area (TPSA) is 21.7 Å². The molecule has 3 nitrogen and oxygen atoms in total. The second-order valence-electron chi connectivity index (χ2n) is 8.25. The largest absolute Gasteiger partial charge is 0.496 e. The van der Waals surface area contributed by atoms with Crippen LogP contribution in [0.2, 0.25) is 0 Å². The zero-order valence-corrected chi connectivity index (χ0v) is 19.7. The van der Waals surface area contributed by atoms with E-state index in [1.807, 2.05) is 12.1 Å². The van der Waals surface area contributed by atoms with E-state index in [4.69, 9.17) is 9.47 Å². The summed E-state index contributed by atoms with van der Waals surface area (Å²) in [6.45, 7) is 6.40. The maximum Gasteiger partial charge on any atom is 0.126 e. The maximum absolute atomic E-state index is 5.65. The zero-order valence-electron chi connectivity index (χ0n) is 19.7. The Labute approximate surface area is 195 Å². The molecule has 0 fully saturated rings. The average molecular weight is 436 g/mol. The van der Waals surface area contributed by atoms with E-state index in [0.717, 1.165) is 35.4 Å². The maximum atomic E-state index is 5.65. The average Bonchev–Trinajstić information content (AvgIpc) is 3.56. The monoisotopic (exact) mass is 435 g/mol. The Kier molecular flexibility index (Phi) is 5.55. The summed E-state index contributed by atoms with van der Waals surface area (Å²) in [6, 6.07) is 28.1. The molecule has 1 aliphatic rings. The van der Waals surface area contributed by atoms with E-state index in [-0.39, 0.29) is 0 Å². The van der Waals surface area contributed by atoms with Gasteiger partial charge in [0.25, 0.3) is 0 Å². The first kappa shape index (κ1) is 21.1. The number of hydrogen-bond acceptors (Lipinski definition) is 3. The highest BCUT2D eigenvalue weighted by atomic mass is 16.5. The van der Waals surface area contributed by atoms with Crippen molar-refractivity contribution >= 4 is 27.6 Å². The molecule has 4 aromatic carbocycles. The minimum absolute atomic E-state index is 0.865. The van der Waals surface area contributed by atoms with Gasteiger partial charge in [-0.2, -0.15) is 0 Å². The molecule has 0 spiro atoms. The van der Waals surface area contributed by atoms with Gasteiger partial charge in [-0.3, -0.25) is 0 Å². The van der Waals surface area contributed by atoms with Crippen molar-refractivity contribution in [1.82, 2.24) is 0 Å². The quantitative estimate of drug-likeness (QED) is 0.274. The summed E-state index contributed by atoms with van der Waals surface area (Å²) >= 11 is 0. The van der Waals surface area contributed by atoms with E-state index < -0.39 is 0 Å². The number of ether oxygens (including phenoxy) is 2. The van der Waals surface area contributed by atoms with Crippen LogP contribution >= 0.6 is 0 Å². The highest BCUT2D eigenvalue weighted by Crippen LogP contribution is 2.52. The van der Waals surface area contributed by atoms with Crippen molar-refractivity contribution in [3.05, 3.63) is 101 Å². The zero-order chi connectivity index (χ0) is 22.9. The fourth-order valence-electron chi connectivity index (χ4n) is 4.81. The van der Waals surface area contributed by atoms with E-state index in [1.54, 1.807) is 14.2 Å². The molecule has 1 aliphatic carbocycles. The molecule has 0 atom stereocenters.